The second-order valence-corrected chi connectivity index (χ2v) is 6.01. The molecule has 2 N–H and O–H groups in total. The number of nitrogens with one attached hydrogen (secondary N) is 2. The first-order valence-corrected chi connectivity index (χ1v) is 7.92. The summed E-state index contributed by atoms with van der Waals surface area (Å²) in [6, 6.07) is 5.11. The lowest BCUT2D eigenvalue weighted by Crippen LogP contribution is -2.39. The Hall–Kier alpha value is -2.90. The van der Waals surface area contributed by atoms with Gasteiger partial charge < -0.3 is 15.0 Å². The van der Waals surface area contributed by atoms with Crippen molar-refractivity contribution in [1.82, 2.24) is 20.1 Å². The molecule has 1 saturated heterocycles. The number of hydrogen-bond donors (Lipinski definition) is 2. The third-order valence-corrected chi connectivity index (χ3v) is 4.39. The molecule has 0 saturated carbocycles. The van der Waals surface area contributed by atoms with Crippen LogP contribution in [0.3, 0.4) is 0 Å². The quantitative estimate of drug-likeness (QED) is 0.862. The Morgan fingerprint density at radius 3 is 3.12 bits per heavy atom. The molecule has 1 aromatic heterocycles. The fourth-order valence-electron chi connectivity index (χ4n) is 3.19. The number of piperidine rings is 1. The zero-order chi connectivity index (χ0) is 16.5. The van der Waals surface area contributed by atoms with Gasteiger partial charge in [-0.25, -0.2) is 4.98 Å². The molecular weight excluding hydrogens is 310 g/mol. The third-order valence-electron chi connectivity index (χ3n) is 4.39. The number of carbonyl (C=O) groups excluding carboxylic acids is 2. The molecule has 1 unspecified atom stereocenters. The van der Waals surface area contributed by atoms with Crippen LogP contribution in [0.5, 0.6) is 5.75 Å². The van der Waals surface area contributed by atoms with E-state index in [0.29, 0.717) is 23.5 Å². The molecule has 0 aliphatic carbocycles. The number of nitrogens with zero attached hydrogens (tertiary/aromatic N) is 3. The van der Waals surface area contributed by atoms with Crippen LogP contribution in [0.25, 0.3) is 0 Å². The highest BCUT2D eigenvalue weighted by Gasteiger charge is 2.28. The molecule has 2 amide bonds. The van der Waals surface area contributed by atoms with Gasteiger partial charge in [0.05, 0.1) is 5.69 Å². The van der Waals surface area contributed by atoms with Crippen molar-refractivity contribution in [3.05, 3.63) is 35.9 Å². The van der Waals surface area contributed by atoms with Crippen molar-refractivity contribution < 1.29 is 14.3 Å². The van der Waals surface area contributed by atoms with Crippen molar-refractivity contribution in [1.29, 1.82) is 0 Å². The van der Waals surface area contributed by atoms with Crippen LogP contribution in [0.15, 0.2) is 24.5 Å². The molecule has 124 valence electrons. The van der Waals surface area contributed by atoms with Gasteiger partial charge in [-0.15, -0.1) is 0 Å². The van der Waals surface area contributed by atoms with E-state index < -0.39 is 0 Å². The van der Waals surface area contributed by atoms with E-state index >= 15 is 0 Å². The number of aromatic amines is 1. The summed E-state index contributed by atoms with van der Waals surface area (Å²) in [4.78, 5) is 30.2. The Kier molecular flexibility index (Phi) is 3.64. The van der Waals surface area contributed by atoms with E-state index in [1.807, 2.05) is 4.90 Å². The largest absolute Gasteiger partial charge is 0.482 e. The number of hydrogen-bond acceptors (Lipinski definition) is 5. The maximum Gasteiger partial charge on any atom is 0.262 e. The van der Waals surface area contributed by atoms with Gasteiger partial charge in [0.2, 0.25) is 0 Å². The van der Waals surface area contributed by atoms with Gasteiger partial charge in [0.25, 0.3) is 11.8 Å². The van der Waals surface area contributed by atoms with Crippen molar-refractivity contribution in [2.24, 2.45) is 0 Å². The Morgan fingerprint density at radius 1 is 1.38 bits per heavy atom. The van der Waals surface area contributed by atoms with E-state index in [4.69, 9.17) is 4.74 Å². The summed E-state index contributed by atoms with van der Waals surface area (Å²) in [5.74, 6) is 1.31. The van der Waals surface area contributed by atoms with E-state index in [1.165, 1.54) is 6.33 Å². The molecule has 4 rings (SSSR count). The van der Waals surface area contributed by atoms with E-state index in [2.05, 4.69) is 20.5 Å². The van der Waals surface area contributed by atoms with Crippen LogP contribution in [-0.4, -0.2) is 51.6 Å². The highest BCUT2D eigenvalue weighted by Crippen LogP contribution is 2.30. The molecule has 2 aliphatic heterocycles. The fraction of sp³-hybridized carbons (Fsp3) is 0.375. The molecule has 3 heterocycles. The minimum absolute atomic E-state index is 0.0259. The third kappa shape index (κ3) is 2.70. The highest BCUT2D eigenvalue weighted by atomic mass is 16.5. The summed E-state index contributed by atoms with van der Waals surface area (Å²) < 4.78 is 5.39. The summed E-state index contributed by atoms with van der Waals surface area (Å²) in [5, 5.41) is 9.50. The summed E-state index contributed by atoms with van der Waals surface area (Å²) in [6.45, 7) is 1.31. The minimum atomic E-state index is -0.187. The second kappa shape index (κ2) is 5.95. The Bertz CT molecular complexity index is 774. The second-order valence-electron chi connectivity index (χ2n) is 6.01. The minimum Gasteiger partial charge on any atom is -0.482 e. The first-order chi connectivity index (χ1) is 11.7. The highest BCUT2D eigenvalue weighted by molar-refractivity contribution is 5.99. The van der Waals surface area contributed by atoms with Gasteiger partial charge in [-0.05, 0) is 31.0 Å². The van der Waals surface area contributed by atoms with Crippen LogP contribution in [0, 0.1) is 0 Å². The van der Waals surface area contributed by atoms with Crippen molar-refractivity contribution in [2.45, 2.75) is 18.8 Å². The Morgan fingerprint density at radius 2 is 2.29 bits per heavy atom. The van der Waals surface area contributed by atoms with Crippen molar-refractivity contribution in [3.8, 4) is 5.75 Å². The van der Waals surface area contributed by atoms with Gasteiger partial charge in [-0.3, -0.25) is 14.7 Å². The zero-order valence-electron chi connectivity index (χ0n) is 13.0. The van der Waals surface area contributed by atoms with Gasteiger partial charge in [0.15, 0.2) is 6.61 Å². The summed E-state index contributed by atoms with van der Waals surface area (Å²) in [5.41, 5.74) is 1.16. The van der Waals surface area contributed by atoms with E-state index in [9.17, 15) is 9.59 Å². The number of rotatable bonds is 2. The number of carbonyl (C=O) groups is 2. The molecule has 8 nitrogen and oxygen atoms in total. The molecule has 2 aliphatic rings. The summed E-state index contributed by atoms with van der Waals surface area (Å²) in [6.07, 6.45) is 3.40. The maximum atomic E-state index is 12.8. The summed E-state index contributed by atoms with van der Waals surface area (Å²) >= 11 is 0. The Labute approximate surface area is 138 Å². The average molecular weight is 327 g/mol. The van der Waals surface area contributed by atoms with Crippen LogP contribution in [0.2, 0.25) is 0 Å². The lowest BCUT2D eigenvalue weighted by Gasteiger charge is -2.32. The van der Waals surface area contributed by atoms with Gasteiger partial charge in [0.1, 0.15) is 17.9 Å². The maximum absolute atomic E-state index is 12.8. The molecule has 24 heavy (non-hydrogen) atoms. The number of aromatic nitrogens is 3. The van der Waals surface area contributed by atoms with E-state index in [-0.39, 0.29) is 24.3 Å². The number of ether oxygens (including phenoxy) is 1. The van der Waals surface area contributed by atoms with Crippen LogP contribution < -0.4 is 10.1 Å². The van der Waals surface area contributed by atoms with Crippen LogP contribution in [0.1, 0.15) is 34.9 Å². The summed E-state index contributed by atoms with van der Waals surface area (Å²) in [7, 11) is 0. The molecule has 0 bridgehead atoms. The molecular formula is C16H17N5O3. The lowest BCUT2D eigenvalue weighted by atomic mass is 9.96. The normalized spacial score (nSPS) is 20.1. The van der Waals surface area contributed by atoms with Crippen molar-refractivity contribution >= 4 is 17.5 Å². The van der Waals surface area contributed by atoms with Crippen molar-refractivity contribution in [3.63, 3.8) is 0 Å². The van der Waals surface area contributed by atoms with Crippen LogP contribution in [-0.2, 0) is 4.79 Å². The van der Waals surface area contributed by atoms with Crippen LogP contribution >= 0.6 is 0 Å². The SMILES string of the molecule is O=C1COc2cc(C(=O)N3CCCC(c4ncn[nH]4)C3)ccc2N1. The first kappa shape index (κ1) is 14.7. The number of H-pyrrole nitrogens is 1. The predicted molar refractivity (Wildman–Crippen MR) is 84.8 cm³/mol. The van der Waals surface area contributed by atoms with Crippen LogP contribution in [0.4, 0.5) is 5.69 Å². The monoisotopic (exact) mass is 327 g/mol. The lowest BCUT2D eigenvalue weighted by molar-refractivity contribution is -0.118. The molecule has 8 heteroatoms. The van der Waals surface area contributed by atoms with Gasteiger partial charge in [-0.2, -0.15) is 5.10 Å². The standard InChI is InChI=1S/C16H17N5O3/c22-14-8-24-13-6-10(3-4-12(13)19-14)16(23)21-5-1-2-11(7-21)15-17-9-18-20-15/h3-4,6,9,11H,1-2,5,7-8H2,(H,19,22)(H,17,18,20). The molecule has 1 aromatic carbocycles. The predicted octanol–water partition coefficient (Wildman–Crippen LogP) is 1.16. The first-order valence-electron chi connectivity index (χ1n) is 7.92. The molecule has 1 atom stereocenters. The molecule has 0 radical (unpaired) electrons. The Balaban J connectivity index is 1.52. The fourth-order valence-corrected chi connectivity index (χ4v) is 3.19. The topological polar surface area (TPSA) is 100 Å². The zero-order valence-corrected chi connectivity index (χ0v) is 13.0. The number of amides is 2. The van der Waals surface area contributed by atoms with Gasteiger partial charge >= 0.3 is 0 Å². The average Bonchev–Trinajstić information content (AvgIpc) is 3.15. The number of benzene rings is 1. The number of anilines is 1. The smallest absolute Gasteiger partial charge is 0.262 e. The number of likely N-dealkylation sites (tertiary alicyclic amines) is 1. The molecule has 0 spiro atoms. The van der Waals surface area contributed by atoms with Gasteiger partial charge in [0, 0.05) is 24.6 Å². The van der Waals surface area contributed by atoms with Gasteiger partial charge in [-0.1, -0.05) is 0 Å². The number of fused-ring (bicyclic) bond motifs is 1. The van der Waals surface area contributed by atoms with E-state index in [1.54, 1.807) is 18.2 Å². The van der Waals surface area contributed by atoms with Crippen molar-refractivity contribution in [2.75, 3.05) is 25.0 Å². The molecule has 1 fully saturated rings. The van der Waals surface area contributed by atoms with E-state index in [0.717, 1.165) is 25.2 Å². The molecule has 2 aromatic rings.